The molecule has 13 heteroatoms. The molecule has 226 valence electrons. The quantitative estimate of drug-likeness (QED) is 0.291. The van der Waals surface area contributed by atoms with Crippen molar-refractivity contribution < 1.29 is 22.0 Å². The summed E-state index contributed by atoms with van der Waals surface area (Å²) in [4.78, 5) is 16.0. The monoisotopic (exact) mass is 590 g/mol. The van der Waals surface area contributed by atoms with Crippen molar-refractivity contribution in [1.82, 2.24) is 24.5 Å². The fourth-order valence-electron chi connectivity index (χ4n) is 6.33. The number of pyridine rings is 1. The lowest BCUT2D eigenvalue weighted by molar-refractivity contribution is -0.131. The molecule has 3 atom stereocenters. The highest BCUT2D eigenvalue weighted by molar-refractivity contribution is 5.90. The van der Waals surface area contributed by atoms with Crippen LogP contribution in [0.15, 0.2) is 29.4 Å². The Morgan fingerprint density at radius 2 is 1.95 bits per heavy atom. The first-order chi connectivity index (χ1) is 20.1. The number of likely N-dealkylation sites (tertiary alicyclic amines) is 1. The molecule has 3 aromatic heterocycles. The van der Waals surface area contributed by atoms with Gasteiger partial charge in [0.15, 0.2) is 5.82 Å². The zero-order chi connectivity index (χ0) is 29.6. The van der Waals surface area contributed by atoms with Gasteiger partial charge in [-0.15, -0.1) is 5.10 Å². The summed E-state index contributed by atoms with van der Waals surface area (Å²) >= 11 is 0. The maximum atomic E-state index is 15.1. The largest absolute Gasteiger partial charge is 0.371 e. The lowest BCUT2D eigenvalue weighted by Gasteiger charge is -2.46. The molecule has 1 saturated heterocycles. The van der Waals surface area contributed by atoms with Gasteiger partial charge in [0.1, 0.15) is 11.7 Å². The fraction of sp³-hybridized carbons (Fsp3) is 0.586. The molecule has 3 aromatic rings. The molecule has 6 rings (SSSR count). The molecule has 2 aliphatic heterocycles. The van der Waals surface area contributed by atoms with E-state index in [1.165, 1.54) is 0 Å². The van der Waals surface area contributed by atoms with Crippen LogP contribution < -0.4 is 10.6 Å². The predicted octanol–water partition coefficient (Wildman–Crippen LogP) is 6.16. The number of aromatic nitrogens is 4. The Morgan fingerprint density at radius 3 is 2.67 bits per heavy atom. The number of alkyl halides is 5. The van der Waals surface area contributed by atoms with Crippen molar-refractivity contribution in [3.8, 4) is 11.3 Å². The van der Waals surface area contributed by atoms with E-state index in [0.717, 1.165) is 28.4 Å². The fourth-order valence-corrected chi connectivity index (χ4v) is 6.33. The summed E-state index contributed by atoms with van der Waals surface area (Å²) in [5, 5.41) is 10.8. The maximum Gasteiger partial charge on any atom is 0.251 e. The number of rotatable bonds is 9. The Balaban J connectivity index is 1.18. The van der Waals surface area contributed by atoms with Gasteiger partial charge in [-0.05, 0) is 50.8 Å². The smallest absolute Gasteiger partial charge is 0.251 e. The Kier molecular flexibility index (Phi) is 7.79. The van der Waals surface area contributed by atoms with Crippen LogP contribution in [0.1, 0.15) is 51.1 Å². The van der Waals surface area contributed by atoms with Gasteiger partial charge in [0.25, 0.3) is 5.92 Å². The average Bonchev–Trinajstić information content (AvgIpc) is 3.36. The second-order valence-electron chi connectivity index (χ2n) is 11.7. The number of nitrogens with one attached hydrogen (secondary N) is 2. The number of piperidine rings is 1. The molecule has 8 nitrogen and oxygen atoms in total. The number of hydrogen-bond donors (Lipinski definition) is 2. The summed E-state index contributed by atoms with van der Waals surface area (Å²) in [6.45, 7) is 2.58. The van der Waals surface area contributed by atoms with E-state index in [4.69, 9.17) is 9.98 Å². The van der Waals surface area contributed by atoms with Gasteiger partial charge in [-0.25, -0.2) is 26.5 Å². The number of aliphatic imine (C=N–C) groups is 1. The van der Waals surface area contributed by atoms with Crippen molar-refractivity contribution in [2.24, 2.45) is 10.9 Å². The van der Waals surface area contributed by atoms with E-state index in [2.05, 4.69) is 20.7 Å². The number of hydrogen-bond acceptors (Lipinski definition) is 7. The Labute approximate surface area is 240 Å². The summed E-state index contributed by atoms with van der Waals surface area (Å²) in [5.41, 5.74) is 4.79. The van der Waals surface area contributed by atoms with Crippen molar-refractivity contribution in [1.29, 1.82) is 0 Å². The molecule has 1 aliphatic carbocycles. The molecule has 0 bridgehead atoms. The highest BCUT2D eigenvalue weighted by Gasteiger charge is 2.49. The molecule has 0 radical (unpaired) electrons. The standard InChI is InChI=1S/C29H35F5N8/c1-16-17(4-3-5-25(31)32)12-24-23(36-16)7-6-21(37-24)19-8-11-42-26(19)27(35-2)39-28(40-42)38-22-9-10-41(15-20(22)30)18-13-29(33,34)14-18/h6-8,11,17-18,20,22,25H,3-5,9-10,12-15H2,1-2H3,(H2,35,38,39,40)/t17?,20-,22+/m0/s1. The number of halogens is 5. The Morgan fingerprint density at radius 1 is 1.14 bits per heavy atom. The third kappa shape index (κ3) is 5.80. The van der Waals surface area contributed by atoms with E-state index in [1.807, 2.05) is 30.0 Å². The van der Waals surface area contributed by atoms with Crippen molar-refractivity contribution in [2.45, 2.75) is 82.5 Å². The predicted molar refractivity (Wildman–Crippen MR) is 152 cm³/mol. The summed E-state index contributed by atoms with van der Waals surface area (Å²) in [6.07, 6.45) is -0.0799. The van der Waals surface area contributed by atoms with Gasteiger partial charge in [-0.2, -0.15) is 4.98 Å². The first kappa shape index (κ1) is 28.8. The van der Waals surface area contributed by atoms with Crippen molar-refractivity contribution in [2.75, 3.05) is 30.8 Å². The topological polar surface area (TPSA) is 82.7 Å². The minimum absolute atomic E-state index is 0.0791. The van der Waals surface area contributed by atoms with Crippen LogP contribution in [0.5, 0.6) is 0 Å². The molecule has 3 aliphatic rings. The molecule has 1 unspecified atom stereocenters. The third-order valence-electron chi connectivity index (χ3n) is 8.75. The van der Waals surface area contributed by atoms with Crippen LogP contribution in [0.2, 0.25) is 0 Å². The molecule has 2 fully saturated rings. The highest BCUT2D eigenvalue weighted by Crippen LogP contribution is 2.41. The van der Waals surface area contributed by atoms with Crippen LogP contribution in [0.3, 0.4) is 0 Å². The number of nitrogens with zero attached hydrogens (tertiary/aromatic N) is 6. The SMILES string of the molecule is CNc1nc(N[C@@H]2CCN(C3CC(F)(F)C3)C[C@@H]2F)nn2ccc(-c3ccc4c(n3)CC(CCCC(F)F)C(C)=N4)c12. The summed E-state index contributed by atoms with van der Waals surface area (Å²) < 4.78 is 68.7. The first-order valence-electron chi connectivity index (χ1n) is 14.5. The van der Waals surface area contributed by atoms with Crippen LogP contribution >= 0.6 is 0 Å². The minimum Gasteiger partial charge on any atom is -0.371 e. The van der Waals surface area contributed by atoms with Gasteiger partial charge < -0.3 is 10.6 Å². The lowest BCUT2D eigenvalue weighted by Crippen LogP contribution is -2.57. The highest BCUT2D eigenvalue weighted by atomic mass is 19.3. The van der Waals surface area contributed by atoms with E-state index in [1.54, 1.807) is 17.8 Å². The molecular formula is C29H35F5N8. The molecule has 0 spiro atoms. The normalized spacial score (nSPS) is 24.4. The van der Waals surface area contributed by atoms with E-state index >= 15 is 4.39 Å². The molecule has 0 amide bonds. The average molecular weight is 591 g/mol. The minimum atomic E-state index is -2.63. The molecule has 0 aromatic carbocycles. The van der Waals surface area contributed by atoms with Gasteiger partial charge in [0.05, 0.1) is 23.1 Å². The maximum absolute atomic E-state index is 15.1. The zero-order valence-corrected chi connectivity index (χ0v) is 23.6. The van der Waals surface area contributed by atoms with Crippen LogP contribution in [0, 0.1) is 5.92 Å². The van der Waals surface area contributed by atoms with Crippen LogP contribution in [0.4, 0.5) is 39.4 Å². The summed E-state index contributed by atoms with van der Waals surface area (Å²) in [5.74, 6) is -1.75. The van der Waals surface area contributed by atoms with Gasteiger partial charge in [-0.1, -0.05) is 0 Å². The van der Waals surface area contributed by atoms with Gasteiger partial charge in [0, 0.05) is 68.8 Å². The van der Waals surface area contributed by atoms with Gasteiger partial charge in [-0.3, -0.25) is 14.9 Å². The summed E-state index contributed by atoms with van der Waals surface area (Å²) in [6, 6.07) is 4.93. The summed E-state index contributed by atoms with van der Waals surface area (Å²) in [7, 11) is 1.75. The lowest BCUT2D eigenvalue weighted by atomic mass is 9.85. The number of anilines is 2. The van der Waals surface area contributed by atoms with E-state index in [-0.39, 0.29) is 43.7 Å². The van der Waals surface area contributed by atoms with Crippen molar-refractivity contribution >= 4 is 28.7 Å². The van der Waals surface area contributed by atoms with E-state index in [9.17, 15) is 17.6 Å². The number of fused-ring (bicyclic) bond motifs is 2. The molecular weight excluding hydrogens is 555 g/mol. The molecule has 5 heterocycles. The molecule has 1 saturated carbocycles. The van der Waals surface area contributed by atoms with Crippen LogP contribution in [-0.2, 0) is 6.42 Å². The second kappa shape index (κ2) is 11.4. The molecule has 2 N–H and O–H groups in total. The van der Waals surface area contributed by atoms with Crippen LogP contribution in [0.25, 0.3) is 16.8 Å². The first-order valence-corrected chi connectivity index (χ1v) is 14.5. The van der Waals surface area contributed by atoms with Crippen molar-refractivity contribution in [3.05, 3.63) is 30.1 Å². The van der Waals surface area contributed by atoms with Gasteiger partial charge >= 0.3 is 0 Å². The Hall–Kier alpha value is -3.35. The second-order valence-corrected chi connectivity index (χ2v) is 11.7. The van der Waals surface area contributed by atoms with Crippen LogP contribution in [-0.4, -0.2) is 80.9 Å². The Bertz CT molecular complexity index is 1470. The third-order valence-corrected chi connectivity index (χ3v) is 8.75. The zero-order valence-electron chi connectivity index (χ0n) is 23.6. The van der Waals surface area contributed by atoms with Crippen molar-refractivity contribution in [3.63, 3.8) is 0 Å². The van der Waals surface area contributed by atoms with Gasteiger partial charge in [0.2, 0.25) is 12.4 Å². The van der Waals surface area contributed by atoms with E-state index < -0.39 is 24.6 Å². The molecule has 42 heavy (non-hydrogen) atoms. The van der Waals surface area contributed by atoms with E-state index in [0.29, 0.717) is 43.6 Å².